The molecule has 0 aliphatic heterocycles. The van der Waals surface area contributed by atoms with Crippen molar-refractivity contribution >= 4 is 17.5 Å². The summed E-state index contributed by atoms with van der Waals surface area (Å²) >= 11 is 5.65. The van der Waals surface area contributed by atoms with Gasteiger partial charge in [0, 0.05) is 25.0 Å². The SMILES string of the molecule is CNc1oc(-c2cccnc2)c(O)c1-c1ccc(Cl)c(C(F)(F)F)c1. The Morgan fingerprint density at radius 3 is 2.56 bits per heavy atom. The highest BCUT2D eigenvalue weighted by atomic mass is 35.5. The molecule has 0 atom stereocenters. The van der Waals surface area contributed by atoms with E-state index in [9.17, 15) is 18.3 Å². The van der Waals surface area contributed by atoms with E-state index in [0.29, 0.717) is 5.56 Å². The van der Waals surface area contributed by atoms with Gasteiger partial charge in [0.1, 0.15) is 0 Å². The number of aromatic hydroxyl groups is 1. The molecule has 2 N–H and O–H groups in total. The lowest BCUT2D eigenvalue weighted by Gasteiger charge is -2.11. The summed E-state index contributed by atoms with van der Waals surface area (Å²) in [4.78, 5) is 3.94. The largest absolute Gasteiger partial charge is 0.504 e. The normalized spacial score (nSPS) is 11.6. The van der Waals surface area contributed by atoms with Gasteiger partial charge in [-0.2, -0.15) is 13.2 Å². The number of alkyl halides is 3. The van der Waals surface area contributed by atoms with Crippen LogP contribution >= 0.6 is 11.6 Å². The quantitative estimate of drug-likeness (QED) is 0.647. The van der Waals surface area contributed by atoms with Gasteiger partial charge in [0.2, 0.25) is 5.88 Å². The molecule has 3 aromatic rings. The molecule has 130 valence electrons. The van der Waals surface area contributed by atoms with Gasteiger partial charge in [-0.05, 0) is 29.8 Å². The maximum Gasteiger partial charge on any atom is 0.417 e. The third-order valence-corrected chi connectivity index (χ3v) is 3.92. The fourth-order valence-corrected chi connectivity index (χ4v) is 2.68. The molecule has 1 aromatic carbocycles. The number of benzene rings is 1. The van der Waals surface area contributed by atoms with Crippen LogP contribution in [0.5, 0.6) is 5.75 Å². The topological polar surface area (TPSA) is 58.3 Å². The average molecular weight is 369 g/mol. The van der Waals surface area contributed by atoms with Crippen LogP contribution in [0.3, 0.4) is 0 Å². The van der Waals surface area contributed by atoms with E-state index in [1.54, 1.807) is 18.3 Å². The van der Waals surface area contributed by atoms with Crippen LogP contribution in [0, 0.1) is 0 Å². The van der Waals surface area contributed by atoms with E-state index < -0.39 is 16.8 Å². The highest BCUT2D eigenvalue weighted by molar-refractivity contribution is 6.31. The Bertz CT molecular complexity index is 908. The number of rotatable bonds is 3. The monoisotopic (exact) mass is 368 g/mol. The zero-order chi connectivity index (χ0) is 18.2. The van der Waals surface area contributed by atoms with Crippen LogP contribution in [0.4, 0.5) is 19.1 Å². The zero-order valence-electron chi connectivity index (χ0n) is 12.9. The summed E-state index contributed by atoms with van der Waals surface area (Å²) in [5, 5.41) is 12.9. The molecule has 8 heteroatoms. The molecule has 2 heterocycles. The molecule has 2 aromatic heterocycles. The van der Waals surface area contributed by atoms with Gasteiger partial charge in [-0.25, -0.2) is 0 Å². The highest BCUT2D eigenvalue weighted by Crippen LogP contribution is 2.47. The molecule has 4 nitrogen and oxygen atoms in total. The number of nitrogens with zero attached hydrogens (tertiary/aromatic N) is 1. The third kappa shape index (κ3) is 3.15. The van der Waals surface area contributed by atoms with Crippen molar-refractivity contribution in [2.45, 2.75) is 6.18 Å². The number of hydrogen-bond donors (Lipinski definition) is 2. The van der Waals surface area contributed by atoms with Crippen LogP contribution in [0.2, 0.25) is 5.02 Å². The fraction of sp³-hybridized carbons (Fsp3) is 0.118. The fourth-order valence-electron chi connectivity index (χ4n) is 2.46. The Balaban J connectivity index is 2.20. The van der Waals surface area contributed by atoms with Gasteiger partial charge in [-0.3, -0.25) is 4.98 Å². The molecule has 25 heavy (non-hydrogen) atoms. The smallest absolute Gasteiger partial charge is 0.417 e. The summed E-state index contributed by atoms with van der Waals surface area (Å²) in [7, 11) is 1.54. The molecular formula is C17H12ClF3N2O2. The lowest BCUT2D eigenvalue weighted by Crippen LogP contribution is -2.06. The van der Waals surface area contributed by atoms with Crippen molar-refractivity contribution in [3.8, 4) is 28.2 Å². The Morgan fingerprint density at radius 1 is 1.20 bits per heavy atom. The van der Waals surface area contributed by atoms with Gasteiger partial charge in [-0.1, -0.05) is 17.7 Å². The van der Waals surface area contributed by atoms with Gasteiger partial charge in [0.05, 0.1) is 16.1 Å². The Kier molecular flexibility index (Phi) is 4.34. The zero-order valence-corrected chi connectivity index (χ0v) is 13.6. The van der Waals surface area contributed by atoms with Crippen molar-refractivity contribution < 1.29 is 22.7 Å². The predicted molar refractivity (Wildman–Crippen MR) is 88.6 cm³/mol. The number of aromatic nitrogens is 1. The lowest BCUT2D eigenvalue weighted by molar-refractivity contribution is -0.137. The lowest BCUT2D eigenvalue weighted by atomic mass is 10.0. The molecule has 0 amide bonds. The van der Waals surface area contributed by atoms with Crippen LogP contribution in [0.15, 0.2) is 47.1 Å². The maximum absolute atomic E-state index is 13.1. The minimum absolute atomic E-state index is 0.107. The van der Waals surface area contributed by atoms with E-state index in [1.165, 1.54) is 19.3 Å². The summed E-state index contributed by atoms with van der Waals surface area (Å²) < 4.78 is 44.9. The van der Waals surface area contributed by atoms with Crippen LogP contribution in [-0.2, 0) is 6.18 Å². The van der Waals surface area contributed by atoms with Crippen molar-refractivity contribution in [2.75, 3.05) is 12.4 Å². The number of furan rings is 1. The van der Waals surface area contributed by atoms with E-state index in [4.69, 9.17) is 16.0 Å². The summed E-state index contributed by atoms with van der Waals surface area (Å²) in [6.07, 6.45) is -1.58. The van der Waals surface area contributed by atoms with E-state index in [0.717, 1.165) is 12.1 Å². The molecule has 0 spiro atoms. The first kappa shape index (κ1) is 17.2. The number of pyridine rings is 1. The molecule has 3 rings (SSSR count). The predicted octanol–water partition coefficient (Wildman–Crippen LogP) is 5.43. The first-order valence-electron chi connectivity index (χ1n) is 7.14. The van der Waals surface area contributed by atoms with Crippen molar-refractivity contribution in [3.63, 3.8) is 0 Å². The number of hydrogen-bond acceptors (Lipinski definition) is 4. The number of halogens is 4. The molecule has 0 radical (unpaired) electrons. The van der Waals surface area contributed by atoms with E-state index in [1.807, 2.05) is 0 Å². The van der Waals surface area contributed by atoms with E-state index in [-0.39, 0.29) is 28.5 Å². The first-order valence-corrected chi connectivity index (χ1v) is 7.51. The van der Waals surface area contributed by atoms with Gasteiger partial charge in [0.15, 0.2) is 11.5 Å². The highest BCUT2D eigenvalue weighted by Gasteiger charge is 2.34. The number of nitrogens with one attached hydrogen (secondary N) is 1. The van der Waals surface area contributed by atoms with Gasteiger partial charge >= 0.3 is 6.18 Å². The molecule has 0 aliphatic carbocycles. The summed E-state index contributed by atoms with van der Waals surface area (Å²) in [6.45, 7) is 0. The van der Waals surface area contributed by atoms with Gasteiger partial charge in [0.25, 0.3) is 0 Å². The average Bonchev–Trinajstić information content (AvgIpc) is 2.92. The second kappa shape index (κ2) is 6.33. The minimum atomic E-state index is -4.61. The van der Waals surface area contributed by atoms with Crippen LogP contribution in [-0.4, -0.2) is 17.1 Å². The molecule has 0 unspecified atom stereocenters. The second-order valence-corrected chi connectivity index (χ2v) is 5.58. The maximum atomic E-state index is 13.1. The number of anilines is 1. The van der Waals surface area contributed by atoms with Crippen LogP contribution < -0.4 is 5.32 Å². The Morgan fingerprint density at radius 2 is 1.96 bits per heavy atom. The standard InChI is InChI=1S/C17H12ClF3N2O2/c1-22-16-13(9-4-5-12(18)11(7-9)17(19,20)21)14(24)15(25-16)10-3-2-6-23-8-10/h2-8,22,24H,1H3. The summed E-state index contributed by atoms with van der Waals surface area (Å²) in [6, 6.07) is 6.71. The van der Waals surface area contributed by atoms with Gasteiger partial charge in [-0.15, -0.1) is 0 Å². The van der Waals surface area contributed by atoms with Crippen molar-refractivity contribution in [3.05, 3.63) is 53.3 Å². The Labute approximate surface area is 145 Å². The third-order valence-electron chi connectivity index (χ3n) is 3.59. The molecule has 0 saturated carbocycles. The van der Waals surface area contributed by atoms with Crippen LogP contribution in [0.1, 0.15) is 5.56 Å². The summed E-state index contributed by atoms with van der Waals surface area (Å²) in [5.74, 6) is -0.0458. The molecule has 0 fully saturated rings. The van der Waals surface area contributed by atoms with E-state index >= 15 is 0 Å². The summed E-state index contributed by atoms with van der Waals surface area (Å²) in [5.41, 5.74) is -0.258. The van der Waals surface area contributed by atoms with Gasteiger partial charge < -0.3 is 14.8 Å². The minimum Gasteiger partial charge on any atom is -0.504 e. The Hall–Kier alpha value is -2.67. The molecular weight excluding hydrogens is 357 g/mol. The van der Waals surface area contributed by atoms with E-state index in [2.05, 4.69) is 10.3 Å². The molecule has 0 aliphatic rings. The van der Waals surface area contributed by atoms with Crippen molar-refractivity contribution in [1.82, 2.24) is 4.98 Å². The molecule has 0 bridgehead atoms. The second-order valence-electron chi connectivity index (χ2n) is 5.17. The van der Waals surface area contributed by atoms with Crippen molar-refractivity contribution in [2.24, 2.45) is 0 Å². The van der Waals surface area contributed by atoms with Crippen LogP contribution in [0.25, 0.3) is 22.5 Å². The first-order chi connectivity index (χ1) is 11.8. The molecule has 0 saturated heterocycles. The van der Waals surface area contributed by atoms with Crippen molar-refractivity contribution in [1.29, 1.82) is 0 Å².